The maximum absolute atomic E-state index is 2.84. The predicted octanol–water partition coefficient (Wildman–Crippen LogP) is 4.76. The van der Waals surface area contributed by atoms with Crippen molar-refractivity contribution in [2.45, 2.75) is 142 Å². The van der Waals surface area contributed by atoms with Gasteiger partial charge in [0.2, 0.25) is 0 Å². The number of hydrogen-bond donors (Lipinski definition) is 0. The van der Waals surface area contributed by atoms with E-state index in [1.165, 1.54) is 25.7 Å². The molecule has 0 unspecified atom stereocenters. The molecule has 6 fully saturated rings. The minimum Gasteiger partial charge on any atom is -0.235 e. The molecule has 0 aromatic heterocycles. The number of hydrogen-bond acceptors (Lipinski definition) is 4. The second-order valence-corrected chi connectivity index (χ2v) is 12.6. The van der Waals surface area contributed by atoms with Crippen LogP contribution in [-0.4, -0.2) is 67.4 Å². The zero-order valence-electron chi connectivity index (χ0n) is 20.2. The zero-order chi connectivity index (χ0) is 20.8. The van der Waals surface area contributed by atoms with E-state index in [9.17, 15) is 0 Å². The van der Waals surface area contributed by atoms with Crippen molar-refractivity contribution in [2.24, 2.45) is 11.8 Å². The van der Waals surface area contributed by atoms with Gasteiger partial charge in [-0.1, -0.05) is 0 Å². The van der Waals surface area contributed by atoms with Gasteiger partial charge in [-0.2, -0.15) is 0 Å². The van der Waals surface area contributed by atoms with Crippen LogP contribution in [-0.2, 0) is 0 Å². The van der Waals surface area contributed by atoms with E-state index in [-0.39, 0.29) is 11.1 Å². The molecule has 0 aromatic carbocycles. The summed E-state index contributed by atoms with van der Waals surface area (Å²) in [6, 6.07) is 3.99. The highest BCUT2D eigenvalue weighted by Crippen LogP contribution is 2.58. The van der Waals surface area contributed by atoms with E-state index >= 15 is 0 Å². The van der Waals surface area contributed by atoms with Gasteiger partial charge in [-0.25, -0.2) is 20.0 Å². The van der Waals surface area contributed by atoms with Crippen LogP contribution in [0.25, 0.3) is 0 Å². The largest absolute Gasteiger partial charge is 0.235 e. The van der Waals surface area contributed by atoms with E-state index in [2.05, 4.69) is 89.3 Å². The molecular formula is C24H46N4. The third-order valence-corrected chi connectivity index (χ3v) is 7.98. The molecule has 0 N–H and O–H groups in total. The fourth-order valence-electron chi connectivity index (χ4n) is 7.79. The maximum Gasteiger partial charge on any atom is 0.0300 e. The molecule has 4 saturated heterocycles. The summed E-state index contributed by atoms with van der Waals surface area (Å²) in [6.07, 6.45) is 5.55. The highest BCUT2D eigenvalue weighted by molar-refractivity contribution is 5.16. The first kappa shape index (κ1) is 21.1. The highest BCUT2D eigenvalue weighted by atomic mass is 15.7. The van der Waals surface area contributed by atoms with E-state index in [4.69, 9.17) is 0 Å². The van der Waals surface area contributed by atoms with Crippen LogP contribution in [0.1, 0.15) is 94.9 Å². The van der Waals surface area contributed by atoms with Crippen LogP contribution in [0.5, 0.6) is 0 Å². The van der Waals surface area contributed by atoms with E-state index in [0.717, 1.165) is 11.8 Å². The molecule has 4 nitrogen and oxygen atoms in total. The Kier molecular flexibility index (Phi) is 5.02. The summed E-state index contributed by atoms with van der Waals surface area (Å²) < 4.78 is 0. The van der Waals surface area contributed by atoms with Crippen LogP contribution < -0.4 is 0 Å². The van der Waals surface area contributed by atoms with Gasteiger partial charge in [-0.15, -0.1) is 0 Å². The molecule has 4 heteroatoms. The second-order valence-electron chi connectivity index (χ2n) is 12.6. The SMILES string of the molecule is CC(C)N1[C@@H]2CC[C@@H]([C@@H]3[C@H]2[C@@H]2CC[C@H]3N(C(C)C)N2C(C)(C)C)N1C(C)(C)C. The third kappa shape index (κ3) is 2.92. The Hall–Kier alpha value is -0.160. The van der Waals surface area contributed by atoms with Crippen LogP contribution in [0.15, 0.2) is 0 Å². The highest BCUT2D eigenvalue weighted by Gasteiger charge is 2.65. The summed E-state index contributed by atoms with van der Waals surface area (Å²) in [6.45, 7) is 24.2. The monoisotopic (exact) mass is 390 g/mol. The Labute approximate surface area is 174 Å². The van der Waals surface area contributed by atoms with Crippen molar-refractivity contribution < 1.29 is 0 Å². The van der Waals surface area contributed by atoms with E-state index in [0.29, 0.717) is 36.3 Å². The molecule has 6 aliphatic rings. The minimum atomic E-state index is 0.196. The molecule has 2 saturated carbocycles. The number of rotatable bonds is 2. The summed E-state index contributed by atoms with van der Waals surface area (Å²) in [5.74, 6) is 1.65. The first-order valence-electron chi connectivity index (χ1n) is 12.0. The Balaban J connectivity index is 1.80. The smallest absolute Gasteiger partial charge is 0.0300 e. The summed E-state index contributed by atoms with van der Waals surface area (Å²) >= 11 is 0. The topological polar surface area (TPSA) is 13.0 Å². The average molecular weight is 391 g/mol. The van der Waals surface area contributed by atoms with Crippen LogP contribution in [0.3, 0.4) is 0 Å². The van der Waals surface area contributed by atoms with Gasteiger partial charge >= 0.3 is 0 Å². The predicted molar refractivity (Wildman–Crippen MR) is 118 cm³/mol. The van der Waals surface area contributed by atoms with E-state index in [1.54, 1.807) is 0 Å². The van der Waals surface area contributed by atoms with Crippen LogP contribution >= 0.6 is 0 Å². The Morgan fingerprint density at radius 2 is 0.821 bits per heavy atom. The van der Waals surface area contributed by atoms with Crippen LogP contribution in [0, 0.1) is 11.8 Å². The van der Waals surface area contributed by atoms with Gasteiger partial charge in [0.25, 0.3) is 0 Å². The summed E-state index contributed by atoms with van der Waals surface area (Å²) in [5.41, 5.74) is 0.392. The third-order valence-electron chi connectivity index (χ3n) is 7.98. The van der Waals surface area contributed by atoms with Crippen molar-refractivity contribution in [2.75, 3.05) is 0 Å². The van der Waals surface area contributed by atoms with Gasteiger partial charge < -0.3 is 0 Å². The molecule has 6 rings (SSSR count). The molecule has 0 spiro atoms. The van der Waals surface area contributed by atoms with Crippen LogP contribution in [0.4, 0.5) is 0 Å². The molecule has 6 atom stereocenters. The molecule has 2 aliphatic carbocycles. The van der Waals surface area contributed by atoms with Gasteiger partial charge in [0, 0.05) is 47.3 Å². The van der Waals surface area contributed by atoms with Gasteiger partial charge in [0.05, 0.1) is 0 Å². The number of hydrazine groups is 2. The van der Waals surface area contributed by atoms with Crippen LogP contribution in [0.2, 0.25) is 0 Å². The minimum absolute atomic E-state index is 0.196. The molecule has 0 aromatic rings. The van der Waals surface area contributed by atoms with Gasteiger partial charge in [0.15, 0.2) is 0 Å². The lowest BCUT2D eigenvalue weighted by molar-refractivity contribution is -0.336. The maximum atomic E-state index is 2.84. The van der Waals surface area contributed by atoms with Gasteiger partial charge in [0.1, 0.15) is 0 Å². The van der Waals surface area contributed by atoms with Crippen molar-refractivity contribution >= 4 is 0 Å². The molecule has 0 amide bonds. The lowest BCUT2D eigenvalue weighted by Crippen LogP contribution is -2.84. The van der Waals surface area contributed by atoms with E-state index in [1.807, 2.05) is 0 Å². The van der Waals surface area contributed by atoms with Gasteiger partial charge in [-0.3, -0.25) is 0 Å². The fourth-order valence-corrected chi connectivity index (χ4v) is 7.79. The first-order chi connectivity index (χ1) is 12.9. The number of nitrogens with zero attached hydrogens (tertiary/aromatic N) is 4. The summed E-state index contributed by atoms with van der Waals surface area (Å²) in [5, 5.41) is 11.3. The van der Waals surface area contributed by atoms with Crippen molar-refractivity contribution in [1.82, 2.24) is 20.0 Å². The molecule has 4 aliphatic heterocycles. The molecular weight excluding hydrogens is 344 g/mol. The molecule has 4 bridgehead atoms. The average Bonchev–Trinajstić information content (AvgIpc) is 2.59. The zero-order valence-corrected chi connectivity index (χ0v) is 20.2. The van der Waals surface area contributed by atoms with Crippen molar-refractivity contribution in [3.8, 4) is 0 Å². The summed E-state index contributed by atoms with van der Waals surface area (Å²) in [7, 11) is 0. The standard InChI is InChI=1S/C24H46N4/c1-15(2)25-17-11-13-19(27(25)23(5,6)7)22-18-12-14-20(21(17)22)28(24(8,9)10)26(18)16(3)4/h15-22H,11-14H2,1-10H3/t17-,18-,19+,20+,21-,22-/m1/s1. The lowest BCUT2D eigenvalue weighted by Gasteiger charge is -2.74. The summed E-state index contributed by atoms with van der Waals surface area (Å²) in [4.78, 5) is 0. The van der Waals surface area contributed by atoms with Crippen molar-refractivity contribution in [1.29, 1.82) is 0 Å². The lowest BCUT2D eigenvalue weighted by atomic mass is 9.57. The fraction of sp³-hybridized carbons (Fsp3) is 1.00. The number of fused-ring (bicyclic) bond motifs is 4. The molecule has 162 valence electrons. The second kappa shape index (κ2) is 6.67. The molecule has 0 radical (unpaired) electrons. The Morgan fingerprint density at radius 1 is 0.536 bits per heavy atom. The Morgan fingerprint density at radius 3 is 1.07 bits per heavy atom. The molecule has 28 heavy (non-hydrogen) atoms. The van der Waals surface area contributed by atoms with Crippen molar-refractivity contribution in [3.05, 3.63) is 0 Å². The van der Waals surface area contributed by atoms with Crippen molar-refractivity contribution in [3.63, 3.8) is 0 Å². The van der Waals surface area contributed by atoms with E-state index < -0.39 is 0 Å². The molecule has 4 heterocycles. The Bertz CT molecular complexity index is 534. The van der Waals surface area contributed by atoms with Gasteiger partial charge in [-0.05, 0) is 107 Å². The normalized spacial score (nSPS) is 40.7. The quantitative estimate of drug-likeness (QED) is 0.674. The first-order valence-corrected chi connectivity index (χ1v) is 12.0.